The summed E-state index contributed by atoms with van der Waals surface area (Å²) < 4.78 is 4.65. The third-order valence-electron chi connectivity index (χ3n) is 3.62. The average molecular weight is 299 g/mol. The van der Waals surface area contributed by atoms with Crippen LogP contribution in [0.3, 0.4) is 0 Å². The van der Waals surface area contributed by atoms with Gasteiger partial charge in [0.25, 0.3) is 0 Å². The lowest BCUT2D eigenvalue weighted by Crippen LogP contribution is -2.51. The molecule has 6 heteroatoms. The van der Waals surface area contributed by atoms with E-state index in [4.69, 9.17) is 5.73 Å². The first kappa shape index (κ1) is 17.9. The molecule has 1 heterocycles. The number of methoxy groups -OCH3 is 1. The quantitative estimate of drug-likeness (QED) is 0.746. The number of rotatable bonds is 5. The second kappa shape index (κ2) is 7.75. The molecule has 1 fully saturated rings. The predicted octanol–water partition coefficient (Wildman–Crippen LogP) is 0.457. The molecule has 1 aliphatic heterocycles. The van der Waals surface area contributed by atoms with Crippen molar-refractivity contribution in [2.75, 3.05) is 39.8 Å². The van der Waals surface area contributed by atoms with Crippen LogP contribution >= 0.6 is 0 Å². The Kier molecular flexibility index (Phi) is 6.61. The van der Waals surface area contributed by atoms with Gasteiger partial charge >= 0.3 is 5.97 Å². The van der Waals surface area contributed by atoms with Crippen LogP contribution < -0.4 is 5.73 Å². The van der Waals surface area contributed by atoms with Crippen molar-refractivity contribution in [2.24, 2.45) is 11.1 Å². The van der Waals surface area contributed by atoms with Gasteiger partial charge in [-0.2, -0.15) is 0 Å². The molecule has 1 unspecified atom stereocenters. The second-order valence-electron chi connectivity index (χ2n) is 6.96. The Morgan fingerprint density at radius 3 is 2.24 bits per heavy atom. The lowest BCUT2D eigenvalue weighted by Gasteiger charge is -2.35. The molecule has 0 radical (unpaired) electrons. The molecule has 21 heavy (non-hydrogen) atoms. The molecular formula is C15H29N3O3. The molecular weight excluding hydrogens is 270 g/mol. The third kappa shape index (κ3) is 6.91. The summed E-state index contributed by atoms with van der Waals surface area (Å²) in [7, 11) is 1.39. The monoisotopic (exact) mass is 299 g/mol. The van der Waals surface area contributed by atoms with Crippen molar-refractivity contribution >= 4 is 11.9 Å². The van der Waals surface area contributed by atoms with Crippen LogP contribution in [-0.2, 0) is 14.3 Å². The van der Waals surface area contributed by atoms with Crippen LogP contribution in [-0.4, -0.2) is 67.6 Å². The summed E-state index contributed by atoms with van der Waals surface area (Å²) in [6, 6.07) is -0.0920. The maximum absolute atomic E-state index is 12.2. The summed E-state index contributed by atoms with van der Waals surface area (Å²) in [5.41, 5.74) is 6.20. The SMILES string of the molecule is COC(=O)CN1CCN(C(=O)CC(N)CC(C)(C)C)CC1. The van der Waals surface area contributed by atoms with E-state index < -0.39 is 0 Å². The van der Waals surface area contributed by atoms with E-state index in [1.807, 2.05) is 9.80 Å². The summed E-state index contributed by atoms with van der Waals surface area (Å²) >= 11 is 0. The van der Waals surface area contributed by atoms with Gasteiger partial charge in [-0.25, -0.2) is 0 Å². The minimum atomic E-state index is -0.234. The first-order valence-corrected chi connectivity index (χ1v) is 7.54. The van der Waals surface area contributed by atoms with Gasteiger partial charge in [-0.05, 0) is 11.8 Å². The topological polar surface area (TPSA) is 75.9 Å². The zero-order valence-electron chi connectivity index (χ0n) is 13.7. The fourth-order valence-electron chi connectivity index (χ4n) is 2.61. The summed E-state index contributed by atoms with van der Waals surface area (Å²) in [6.07, 6.45) is 1.23. The molecule has 0 bridgehead atoms. The minimum absolute atomic E-state index is 0.0920. The number of carbonyl (C=O) groups is 2. The lowest BCUT2D eigenvalue weighted by atomic mass is 9.87. The van der Waals surface area contributed by atoms with Crippen molar-refractivity contribution in [2.45, 2.75) is 39.7 Å². The van der Waals surface area contributed by atoms with Crippen molar-refractivity contribution in [1.29, 1.82) is 0 Å². The number of piperazine rings is 1. The van der Waals surface area contributed by atoms with Gasteiger partial charge in [0.2, 0.25) is 5.91 Å². The fourth-order valence-corrected chi connectivity index (χ4v) is 2.61. The number of nitrogens with zero attached hydrogens (tertiary/aromatic N) is 2. The van der Waals surface area contributed by atoms with E-state index in [0.29, 0.717) is 39.1 Å². The molecule has 0 saturated carbocycles. The molecule has 122 valence electrons. The van der Waals surface area contributed by atoms with Crippen LogP contribution in [0.4, 0.5) is 0 Å². The summed E-state index contributed by atoms with van der Waals surface area (Å²) in [4.78, 5) is 27.3. The molecule has 1 saturated heterocycles. The summed E-state index contributed by atoms with van der Waals surface area (Å²) in [5, 5.41) is 0. The number of hydrogen-bond donors (Lipinski definition) is 1. The van der Waals surface area contributed by atoms with Crippen LogP contribution in [0.5, 0.6) is 0 Å². The molecule has 1 atom stereocenters. The Bertz CT molecular complexity index is 358. The highest BCUT2D eigenvalue weighted by Crippen LogP contribution is 2.21. The van der Waals surface area contributed by atoms with Crippen LogP contribution in [0.1, 0.15) is 33.6 Å². The standard InChI is InChI=1S/C15H29N3O3/c1-15(2,3)10-12(16)9-13(19)18-7-5-17(6-8-18)11-14(20)21-4/h12H,5-11,16H2,1-4H3. The Morgan fingerprint density at radius 2 is 1.76 bits per heavy atom. The van der Waals surface area contributed by atoms with Crippen LogP contribution in [0.2, 0.25) is 0 Å². The number of carbonyl (C=O) groups excluding carboxylic acids is 2. The lowest BCUT2D eigenvalue weighted by molar-refractivity contribution is -0.142. The zero-order chi connectivity index (χ0) is 16.0. The van der Waals surface area contributed by atoms with Gasteiger partial charge in [0, 0.05) is 38.6 Å². The van der Waals surface area contributed by atoms with E-state index in [1.165, 1.54) is 7.11 Å². The van der Waals surface area contributed by atoms with E-state index in [9.17, 15) is 9.59 Å². The Morgan fingerprint density at radius 1 is 1.19 bits per heavy atom. The van der Waals surface area contributed by atoms with Crippen LogP contribution in [0.15, 0.2) is 0 Å². The fraction of sp³-hybridized carbons (Fsp3) is 0.867. The first-order chi connectivity index (χ1) is 9.71. The van der Waals surface area contributed by atoms with Crippen molar-refractivity contribution in [1.82, 2.24) is 9.80 Å². The summed E-state index contributed by atoms with van der Waals surface area (Å²) in [5.74, 6) is -0.119. The van der Waals surface area contributed by atoms with Gasteiger partial charge in [0.1, 0.15) is 0 Å². The van der Waals surface area contributed by atoms with E-state index in [0.717, 1.165) is 6.42 Å². The first-order valence-electron chi connectivity index (χ1n) is 7.54. The number of amides is 1. The Balaban J connectivity index is 2.33. The van der Waals surface area contributed by atoms with Gasteiger partial charge < -0.3 is 15.4 Å². The van der Waals surface area contributed by atoms with Crippen molar-refractivity contribution in [3.05, 3.63) is 0 Å². The molecule has 6 nitrogen and oxygen atoms in total. The number of hydrogen-bond acceptors (Lipinski definition) is 5. The van der Waals surface area contributed by atoms with E-state index in [1.54, 1.807) is 0 Å². The van der Waals surface area contributed by atoms with Gasteiger partial charge in [-0.3, -0.25) is 14.5 Å². The van der Waals surface area contributed by atoms with E-state index in [-0.39, 0.29) is 23.3 Å². The molecule has 0 aromatic heterocycles. The second-order valence-corrected chi connectivity index (χ2v) is 6.96. The minimum Gasteiger partial charge on any atom is -0.468 e. The summed E-state index contributed by atoms with van der Waals surface area (Å²) in [6.45, 7) is 9.39. The van der Waals surface area contributed by atoms with Crippen LogP contribution in [0.25, 0.3) is 0 Å². The molecule has 2 N–H and O–H groups in total. The average Bonchev–Trinajstić information content (AvgIpc) is 2.36. The maximum Gasteiger partial charge on any atom is 0.319 e. The van der Waals surface area contributed by atoms with Crippen molar-refractivity contribution < 1.29 is 14.3 Å². The highest BCUT2D eigenvalue weighted by Gasteiger charge is 2.25. The molecule has 1 aliphatic rings. The molecule has 0 aliphatic carbocycles. The van der Waals surface area contributed by atoms with Gasteiger partial charge in [0.05, 0.1) is 13.7 Å². The normalized spacial score (nSPS) is 18.4. The third-order valence-corrected chi connectivity index (χ3v) is 3.62. The number of esters is 1. The molecule has 0 aromatic rings. The number of nitrogens with two attached hydrogens (primary N) is 1. The van der Waals surface area contributed by atoms with Crippen molar-refractivity contribution in [3.8, 4) is 0 Å². The molecule has 1 rings (SSSR count). The van der Waals surface area contributed by atoms with Gasteiger partial charge in [-0.1, -0.05) is 20.8 Å². The van der Waals surface area contributed by atoms with Crippen LogP contribution in [0, 0.1) is 5.41 Å². The zero-order valence-corrected chi connectivity index (χ0v) is 13.7. The molecule has 0 spiro atoms. The van der Waals surface area contributed by atoms with E-state index in [2.05, 4.69) is 25.5 Å². The van der Waals surface area contributed by atoms with Gasteiger partial charge in [-0.15, -0.1) is 0 Å². The molecule has 0 aromatic carbocycles. The highest BCUT2D eigenvalue weighted by molar-refractivity contribution is 5.77. The predicted molar refractivity (Wildman–Crippen MR) is 81.7 cm³/mol. The molecule has 1 amide bonds. The number of ether oxygens (including phenoxy) is 1. The highest BCUT2D eigenvalue weighted by atomic mass is 16.5. The largest absolute Gasteiger partial charge is 0.468 e. The smallest absolute Gasteiger partial charge is 0.319 e. The van der Waals surface area contributed by atoms with Crippen molar-refractivity contribution in [3.63, 3.8) is 0 Å². The maximum atomic E-state index is 12.2. The Labute approximate surface area is 127 Å². The van der Waals surface area contributed by atoms with Gasteiger partial charge in [0.15, 0.2) is 0 Å². The van der Waals surface area contributed by atoms with E-state index >= 15 is 0 Å². The Hall–Kier alpha value is -1.14.